The maximum absolute atomic E-state index is 12.6. The van der Waals surface area contributed by atoms with Crippen LogP contribution in [0, 0.1) is 0 Å². The molecule has 2 heterocycles. The fraction of sp³-hybridized carbons (Fsp3) is 0.600. The predicted molar refractivity (Wildman–Crippen MR) is 79.2 cm³/mol. The van der Waals surface area contributed by atoms with Gasteiger partial charge in [-0.25, -0.2) is 4.79 Å². The average Bonchev–Trinajstić information content (AvgIpc) is 3.24. The zero-order valence-corrected chi connectivity index (χ0v) is 12.7. The van der Waals surface area contributed by atoms with Gasteiger partial charge in [0.05, 0.1) is 0 Å². The summed E-state index contributed by atoms with van der Waals surface area (Å²) in [6.07, 6.45) is 6.30. The lowest BCUT2D eigenvalue weighted by molar-refractivity contribution is -0.134. The van der Waals surface area contributed by atoms with Crippen LogP contribution < -0.4 is 10.7 Å². The molecule has 3 aliphatic rings. The van der Waals surface area contributed by atoms with Crippen molar-refractivity contribution >= 4 is 17.8 Å². The maximum atomic E-state index is 12.6. The van der Waals surface area contributed by atoms with Crippen molar-refractivity contribution in [3.8, 4) is 0 Å². The minimum atomic E-state index is -0.840. The minimum absolute atomic E-state index is 0.192. The van der Waals surface area contributed by atoms with Crippen molar-refractivity contribution in [2.45, 2.75) is 56.4 Å². The molecule has 0 unspecified atom stereocenters. The number of nitrogens with zero attached hydrogens (tertiary/aromatic N) is 2. The SMILES string of the molecule is O=C(NN1C(=O)NC2(CCCCC2)C1=O)c1cc(C2CC2)[nH]n1. The first-order chi connectivity index (χ1) is 11.1. The molecular weight excluding hydrogens is 298 g/mol. The van der Waals surface area contributed by atoms with Gasteiger partial charge in [0.1, 0.15) is 5.54 Å². The molecule has 3 N–H and O–H groups in total. The van der Waals surface area contributed by atoms with Crippen LogP contribution in [0.3, 0.4) is 0 Å². The van der Waals surface area contributed by atoms with E-state index in [1.807, 2.05) is 0 Å². The van der Waals surface area contributed by atoms with Crippen LogP contribution in [-0.4, -0.2) is 38.6 Å². The normalized spacial score (nSPS) is 23.2. The van der Waals surface area contributed by atoms with E-state index in [0.717, 1.165) is 42.8 Å². The van der Waals surface area contributed by atoms with Crippen LogP contribution in [0.1, 0.15) is 67.0 Å². The van der Waals surface area contributed by atoms with Crippen LogP contribution in [0.25, 0.3) is 0 Å². The number of aromatic amines is 1. The van der Waals surface area contributed by atoms with E-state index >= 15 is 0 Å². The second-order valence-corrected chi connectivity index (χ2v) is 6.64. The van der Waals surface area contributed by atoms with E-state index in [1.54, 1.807) is 6.07 Å². The largest absolute Gasteiger partial charge is 0.344 e. The lowest BCUT2D eigenvalue weighted by atomic mass is 9.82. The fourth-order valence-electron chi connectivity index (χ4n) is 3.43. The summed E-state index contributed by atoms with van der Waals surface area (Å²) < 4.78 is 0. The molecule has 8 heteroatoms. The second-order valence-electron chi connectivity index (χ2n) is 6.64. The lowest BCUT2D eigenvalue weighted by Crippen LogP contribution is -2.51. The molecule has 4 amide bonds. The number of carbonyl (C=O) groups is 3. The first-order valence-corrected chi connectivity index (χ1v) is 8.12. The number of hydrazine groups is 1. The van der Waals surface area contributed by atoms with Gasteiger partial charge in [-0.2, -0.15) is 10.1 Å². The first-order valence-electron chi connectivity index (χ1n) is 8.12. The summed E-state index contributed by atoms with van der Waals surface area (Å²) in [6, 6.07) is 1.12. The number of hydrogen-bond donors (Lipinski definition) is 3. The van der Waals surface area contributed by atoms with Crippen molar-refractivity contribution in [1.29, 1.82) is 0 Å². The van der Waals surface area contributed by atoms with Crippen LogP contribution in [0.15, 0.2) is 6.07 Å². The Balaban J connectivity index is 1.47. The van der Waals surface area contributed by atoms with Crippen LogP contribution in [-0.2, 0) is 4.79 Å². The van der Waals surface area contributed by atoms with Gasteiger partial charge in [-0.15, -0.1) is 0 Å². The Labute approximate surface area is 133 Å². The van der Waals surface area contributed by atoms with Gasteiger partial charge in [0.25, 0.3) is 11.8 Å². The molecule has 122 valence electrons. The van der Waals surface area contributed by atoms with Gasteiger partial charge >= 0.3 is 6.03 Å². The van der Waals surface area contributed by atoms with E-state index in [-0.39, 0.29) is 11.6 Å². The van der Waals surface area contributed by atoms with Gasteiger partial charge in [0.15, 0.2) is 5.69 Å². The standard InChI is InChI=1S/C15H19N5O3/c21-12(11-8-10(17-18-11)9-4-5-9)19-20-13(22)15(16-14(20)23)6-2-1-3-7-15/h8-9H,1-7H2,(H,16,23)(H,17,18)(H,19,21). The minimum Gasteiger partial charge on any atom is -0.322 e. The number of imide groups is 1. The smallest absolute Gasteiger partial charge is 0.322 e. The Hall–Kier alpha value is -2.38. The summed E-state index contributed by atoms with van der Waals surface area (Å²) in [5.74, 6) is -0.468. The van der Waals surface area contributed by atoms with Crippen molar-refractivity contribution in [3.63, 3.8) is 0 Å². The number of amides is 4. The maximum Gasteiger partial charge on any atom is 0.344 e. The molecule has 0 radical (unpaired) electrons. The zero-order chi connectivity index (χ0) is 16.0. The van der Waals surface area contributed by atoms with Crippen molar-refractivity contribution in [2.24, 2.45) is 0 Å². The molecule has 2 aliphatic carbocycles. The van der Waals surface area contributed by atoms with E-state index in [1.165, 1.54) is 0 Å². The molecule has 1 spiro atoms. The Morgan fingerprint density at radius 3 is 2.70 bits per heavy atom. The van der Waals surface area contributed by atoms with Crippen molar-refractivity contribution < 1.29 is 14.4 Å². The number of nitrogens with one attached hydrogen (secondary N) is 3. The Morgan fingerprint density at radius 2 is 2.00 bits per heavy atom. The Morgan fingerprint density at radius 1 is 1.26 bits per heavy atom. The highest BCUT2D eigenvalue weighted by Crippen LogP contribution is 2.39. The van der Waals surface area contributed by atoms with Gasteiger partial charge in [-0.1, -0.05) is 19.3 Å². The number of hydrogen-bond acceptors (Lipinski definition) is 4. The van der Waals surface area contributed by atoms with E-state index in [0.29, 0.717) is 18.8 Å². The highest BCUT2D eigenvalue weighted by Gasteiger charge is 2.52. The molecular formula is C15H19N5O3. The van der Waals surface area contributed by atoms with E-state index in [9.17, 15) is 14.4 Å². The zero-order valence-electron chi connectivity index (χ0n) is 12.7. The van der Waals surface area contributed by atoms with Crippen molar-refractivity contribution in [3.05, 3.63) is 17.5 Å². The summed E-state index contributed by atoms with van der Waals surface area (Å²) in [6.45, 7) is 0. The Kier molecular flexibility index (Phi) is 3.14. The number of rotatable bonds is 3. The van der Waals surface area contributed by atoms with Crippen LogP contribution in [0.4, 0.5) is 4.79 Å². The highest BCUT2D eigenvalue weighted by molar-refractivity contribution is 6.09. The van der Waals surface area contributed by atoms with Gasteiger partial charge in [-0.3, -0.25) is 20.1 Å². The molecule has 0 aromatic carbocycles. The van der Waals surface area contributed by atoms with E-state index in [4.69, 9.17) is 0 Å². The van der Waals surface area contributed by atoms with Crippen LogP contribution >= 0.6 is 0 Å². The third-order valence-corrected chi connectivity index (χ3v) is 4.93. The number of carbonyl (C=O) groups excluding carboxylic acids is 3. The molecule has 1 aromatic heterocycles. The number of H-pyrrole nitrogens is 1. The van der Waals surface area contributed by atoms with Gasteiger partial charge in [0, 0.05) is 11.6 Å². The molecule has 4 rings (SSSR count). The third kappa shape index (κ3) is 2.38. The highest BCUT2D eigenvalue weighted by atomic mass is 16.2. The van der Waals surface area contributed by atoms with E-state index in [2.05, 4.69) is 20.9 Å². The number of urea groups is 1. The second kappa shape index (κ2) is 5.07. The van der Waals surface area contributed by atoms with Gasteiger partial charge < -0.3 is 5.32 Å². The molecule has 23 heavy (non-hydrogen) atoms. The summed E-state index contributed by atoms with van der Waals surface area (Å²) in [4.78, 5) is 36.9. The summed E-state index contributed by atoms with van der Waals surface area (Å²) >= 11 is 0. The molecule has 1 aromatic rings. The van der Waals surface area contributed by atoms with Crippen LogP contribution in [0.5, 0.6) is 0 Å². The molecule has 0 bridgehead atoms. The molecule has 1 aliphatic heterocycles. The van der Waals surface area contributed by atoms with Crippen molar-refractivity contribution in [2.75, 3.05) is 0 Å². The van der Waals surface area contributed by atoms with E-state index < -0.39 is 17.5 Å². The quantitative estimate of drug-likeness (QED) is 0.728. The summed E-state index contributed by atoms with van der Waals surface area (Å²) in [5.41, 5.74) is 2.67. The van der Waals surface area contributed by atoms with Crippen molar-refractivity contribution in [1.82, 2.24) is 25.9 Å². The third-order valence-electron chi connectivity index (χ3n) is 4.93. The lowest BCUT2D eigenvalue weighted by Gasteiger charge is -2.30. The molecule has 0 atom stereocenters. The number of aromatic nitrogens is 2. The topological polar surface area (TPSA) is 107 Å². The molecule has 3 fully saturated rings. The molecule has 1 saturated heterocycles. The summed E-state index contributed by atoms with van der Waals surface area (Å²) in [7, 11) is 0. The molecule has 8 nitrogen and oxygen atoms in total. The first kappa shape index (κ1) is 14.2. The average molecular weight is 317 g/mol. The monoisotopic (exact) mass is 317 g/mol. The van der Waals surface area contributed by atoms with Gasteiger partial charge in [0.2, 0.25) is 0 Å². The predicted octanol–water partition coefficient (Wildman–Crippen LogP) is 1.19. The van der Waals surface area contributed by atoms with Crippen LogP contribution in [0.2, 0.25) is 0 Å². The fourth-order valence-corrected chi connectivity index (χ4v) is 3.43. The van der Waals surface area contributed by atoms with Gasteiger partial charge in [-0.05, 0) is 31.7 Å². The molecule has 2 saturated carbocycles. The summed E-state index contributed by atoms with van der Waals surface area (Å²) in [5, 5.41) is 10.4. The Bertz CT molecular complexity index is 672.